The SMILES string of the molecule is O=C(Nc1ccccc1Cl)c1ccccc1F. The quantitative estimate of drug-likeness (QED) is 0.863. The highest BCUT2D eigenvalue weighted by molar-refractivity contribution is 6.33. The number of amides is 1. The predicted molar refractivity (Wildman–Crippen MR) is 65.8 cm³/mol. The summed E-state index contributed by atoms with van der Waals surface area (Å²) in [6.45, 7) is 0. The van der Waals surface area contributed by atoms with Crippen LogP contribution < -0.4 is 5.32 Å². The van der Waals surface area contributed by atoms with Crippen molar-refractivity contribution >= 4 is 23.2 Å². The normalized spacial score (nSPS) is 10.0. The van der Waals surface area contributed by atoms with Gasteiger partial charge in [-0.05, 0) is 24.3 Å². The predicted octanol–water partition coefficient (Wildman–Crippen LogP) is 3.73. The molecule has 1 N–H and O–H groups in total. The molecule has 0 saturated carbocycles. The van der Waals surface area contributed by atoms with Crippen LogP contribution in [-0.4, -0.2) is 5.91 Å². The Bertz CT molecular complexity index is 557. The lowest BCUT2D eigenvalue weighted by molar-refractivity contribution is 0.102. The van der Waals surface area contributed by atoms with Crippen LogP contribution in [0.2, 0.25) is 5.02 Å². The molecule has 0 heterocycles. The number of para-hydroxylation sites is 1. The van der Waals surface area contributed by atoms with Gasteiger partial charge in [0.05, 0.1) is 16.3 Å². The molecular weight excluding hydrogens is 241 g/mol. The lowest BCUT2D eigenvalue weighted by atomic mass is 10.2. The van der Waals surface area contributed by atoms with E-state index in [1.54, 1.807) is 30.3 Å². The van der Waals surface area contributed by atoms with Crippen LogP contribution in [0.5, 0.6) is 0 Å². The van der Waals surface area contributed by atoms with Gasteiger partial charge in [0.2, 0.25) is 0 Å². The van der Waals surface area contributed by atoms with Crippen LogP contribution in [0.15, 0.2) is 48.5 Å². The van der Waals surface area contributed by atoms with Gasteiger partial charge in [0.15, 0.2) is 0 Å². The minimum atomic E-state index is -0.558. The first-order chi connectivity index (χ1) is 8.18. The average molecular weight is 250 g/mol. The number of nitrogens with one attached hydrogen (secondary N) is 1. The molecule has 1 amide bonds. The Labute approximate surface area is 103 Å². The first-order valence-corrected chi connectivity index (χ1v) is 5.36. The second-order valence-electron chi connectivity index (χ2n) is 3.41. The molecule has 0 bridgehead atoms. The van der Waals surface area contributed by atoms with E-state index in [-0.39, 0.29) is 5.56 Å². The third-order valence-corrected chi connectivity index (χ3v) is 2.57. The van der Waals surface area contributed by atoms with Crippen LogP contribution in [-0.2, 0) is 0 Å². The maximum Gasteiger partial charge on any atom is 0.258 e. The van der Waals surface area contributed by atoms with Crippen LogP contribution >= 0.6 is 11.6 Å². The largest absolute Gasteiger partial charge is 0.321 e. The molecule has 0 unspecified atom stereocenters. The fraction of sp³-hybridized carbons (Fsp3) is 0. The van der Waals surface area contributed by atoms with Crippen molar-refractivity contribution in [2.24, 2.45) is 0 Å². The second kappa shape index (κ2) is 4.97. The molecule has 0 radical (unpaired) electrons. The monoisotopic (exact) mass is 249 g/mol. The van der Waals surface area contributed by atoms with E-state index < -0.39 is 11.7 Å². The fourth-order valence-electron chi connectivity index (χ4n) is 1.40. The molecule has 0 saturated heterocycles. The molecule has 2 aromatic carbocycles. The number of anilines is 1. The Balaban J connectivity index is 2.24. The van der Waals surface area contributed by atoms with E-state index in [4.69, 9.17) is 11.6 Å². The summed E-state index contributed by atoms with van der Waals surface area (Å²) in [4.78, 5) is 11.8. The van der Waals surface area contributed by atoms with E-state index in [9.17, 15) is 9.18 Å². The number of carbonyl (C=O) groups is 1. The van der Waals surface area contributed by atoms with Crippen molar-refractivity contribution in [3.05, 3.63) is 64.9 Å². The summed E-state index contributed by atoms with van der Waals surface area (Å²) in [5, 5.41) is 2.97. The van der Waals surface area contributed by atoms with Gasteiger partial charge in [-0.2, -0.15) is 0 Å². The van der Waals surface area contributed by atoms with Crippen LogP contribution in [0.25, 0.3) is 0 Å². The van der Waals surface area contributed by atoms with Gasteiger partial charge < -0.3 is 5.32 Å². The molecule has 0 aliphatic carbocycles. The molecule has 0 fully saturated rings. The van der Waals surface area contributed by atoms with Crippen molar-refractivity contribution in [2.45, 2.75) is 0 Å². The van der Waals surface area contributed by atoms with Gasteiger partial charge in [-0.25, -0.2) is 4.39 Å². The summed E-state index contributed by atoms with van der Waals surface area (Å²) in [6.07, 6.45) is 0. The zero-order chi connectivity index (χ0) is 12.3. The Morgan fingerprint density at radius 1 is 1.06 bits per heavy atom. The lowest BCUT2D eigenvalue weighted by Crippen LogP contribution is -2.13. The van der Waals surface area contributed by atoms with Crippen molar-refractivity contribution in [3.8, 4) is 0 Å². The Kier molecular flexibility index (Phi) is 3.40. The van der Waals surface area contributed by atoms with Gasteiger partial charge in [-0.3, -0.25) is 4.79 Å². The minimum Gasteiger partial charge on any atom is -0.321 e. The zero-order valence-corrected chi connectivity index (χ0v) is 9.54. The first kappa shape index (κ1) is 11.6. The number of benzene rings is 2. The highest BCUT2D eigenvalue weighted by atomic mass is 35.5. The third kappa shape index (κ3) is 2.63. The van der Waals surface area contributed by atoms with Gasteiger partial charge in [0.25, 0.3) is 5.91 Å². The number of hydrogen-bond donors (Lipinski definition) is 1. The van der Waals surface area contributed by atoms with Crippen molar-refractivity contribution in [2.75, 3.05) is 5.32 Å². The number of halogens is 2. The van der Waals surface area contributed by atoms with Gasteiger partial charge in [-0.1, -0.05) is 35.9 Å². The van der Waals surface area contributed by atoms with Crippen molar-refractivity contribution in [1.82, 2.24) is 0 Å². The molecule has 86 valence electrons. The molecule has 0 aliphatic heterocycles. The molecule has 0 aromatic heterocycles. The van der Waals surface area contributed by atoms with Crippen molar-refractivity contribution in [1.29, 1.82) is 0 Å². The highest BCUT2D eigenvalue weighted by Crippen LogP contribution is 2.21. The molecule has 0 spiro atoms. The van der Waals surface area contributed by atoms with E-state index in [1.165, 1.54) is 18.2 Å². The van der Waals surface area contributed by atoms with Gasteiger partial charge >= 0.3 is 0 Å². The van der Waals surface area contributed by atoms with Crippen LogP contribution in [0.4, 0.5) is 10.1 Å². The smallest absolute Gasteiger partial charge is 0.258 e. The summed E-state index contributed by atoms with van der Waals surface area (Å²) >= 11 is 5.89. The molecule has 2 rings (SSSR count). The average Bonchev–Trinajstić information content (AvgIpc) is 2.32. The molecule has 17 heavy (non-hydrogen) atoms. The fourth-order valence-corrected chi connectivity index (χ4v) is 1.58. The Morgan fingerprint density at radius 3 is 2.41 bits per heavy atom. The molecule has 2 nitrogen and oxygen atoms in total. The van der Waals surface area contributed by atoms with E-state index >= 15 is 0 Å². The zero-order valence-electron chi connectivity index (χ0n) is 8.78. The second-order valence-corrected chi connectivity index (χ2v) is 3.82. The first-order valence-electron chi connectivity index (χ1n) is 4.99. The van der Waals surface area contributed by atoms with Gasteiger partial charge in [-0.15, -0.1) is 0 Å². The van der Waals surface area contributed by atoms with E-state index in [0.29, 0.717) is 10.7 Å². The standard InChI is InChI=1S/C13H9ClFNO/c14-10-6-2-4-8-12(10)16-13(17)9-5-1-3-7-11(9)15/h1-8H,(H,16,17). The summed E-state index contributed by atoms with van der Waals surface area (Å²) in [6, 6.07) is 12.6. The summed E-state index contributed by atoms with van der Waals surface area (Å²) in [7, 11) is 0. The molecular formula is C13H9ClFNO. The topological polar surface area (TPSA) is 29.1 Å². The summed E-state index contributed by atoms with van der Waals surface area (Å²) in [5.74, 6) is -1.08. The van der Waals surface area contributed by atoms with Crippen molar-refractivity contribution in [3.63, 3.8) is 0 Å². The highest BCUT2D eigenvalue weighted by Gasteiger charge is 2.11. The Hall–Kier alpha value is -1.87. The lowest BCUT2D eigenvalue weighted by Gasteiger charge is -2.07. The maximum atomic E-state index is 13.3. The van der Waals surface area contributed by atoms with Crippen LogP contribution in [0.3, 0.4) is 0 Å². The number of carbonyl (C=O) groups excluding carboxylic acids is 1. The Morgan fingerprint density at radius 2 is 1.71 bits per heavy atom. The summed E-state index contributed by atoms with van der Waals surface area (Å²) in [5.41, 5.74) is 0.454. The molecule has 4 heteroatoms. The van der Waals surface area contributed by atoms with Crippen LogP contribution in [0.1, 0.15) is 10.4 Å². The van der Waals surface area contributed by atoms with E-state index in [0.717, 1.165) is 0 Å². The van der Waals surface area contributed by atoms with Gasteiger partial charge in [0.1, 0.15) is 5.82 Å². The van der Waals surface area contributed by atoms with Crippen LogP contribution in [0, 0.1) is 5.82 Å². The summed E-state index contributed by atoms with van der Waals surface area (Å²) < 4.78 is 13.3. The number of rotatable bonds is 2. The molecule has 0 aliphatic rings. The van der Waals surface area contributed by atoms with Gasteiger partial charge in [0, 0.05) is 0 Å². The minimum absolute atomic E-state index is 0.00702. The molecule has 2 aromatic rings. The third-order valence-electron chi connectivity index (χ3n) is 2.24. The molecule has 0 atom stereocenters. The number of hydrogen-bond acceptors (Lipinski definition) is 1. The maximum absolute atomic E-state index is 13.3. The van der Waals surface area contributed by atoms with E-state index in [1.807, 2.05) is 0 Å². The van der Waals surface area contributed by atoms with E-state index in [2.05, 4.69) is 5.32 Å². The van der Waals surface area contributed by atoms with Crippen molar-refractivity contribution < 1.29 is 9.18 Å².